The molecular formula is C24H18N2O2. The smallest absolute Gasteiger partial charge is 0.243 e. The lowest BCUT2D eigenvalue weighted by molar-refractivity contribution is -0.135. The van der Waals surface area contributed by atoms with Gasteiger partial charge in [-0.2, -0.15) is 5.01 Å². The zero-order valence-corrected chi connectivity index (χ0v) is 15.4. The Morgan fingerprint density at radius 3 is 2.11 bits per heavy atom. The first kappa shape index (κ1) is 16.5. The maximum Gasteiger partial charge on any atom is 0.243 e. The fourth-order valence-corrected chi connectivity index (χ4v) is 3.58. The highest BCUT2D eigenvalue weighted by Crippen LogP contribution is 2.32. The molecule has 136 valence electrons. The van der Waals surface area contributed by atoms with Crippen molar-refractivity contribution in [3.63, 3.8) is 0 Å². The minimum Gasteiger partial charge on any atom is -0.446 e. The summed E-state index contributed by atoms with van der Waals surface area (Å²) in [6.07, 6.45) is -0.566. The van der Waals surface area contributed by atoms with Crippen LogP contribution in [0.15, 0.2) is 90.0 Å². The standard InChI is InChI=1S/C24H18N2O2/c1-16(27)26-24(22-13-11-18-7-3-5-9-20(18)15-22)28-23(25-26)21-12-10-17-6-2-4-8-19(17)14-21/h2-15,24H,1H3. The molecule has 0 bridgehead atoms. The summed E-state index contributed by atoms with van der Waals surface area (Å²) in [5.41, 5.74) is 1.75. The van der Waals surface area contributed by atoms with Gasteiger partial charge in [0.15, 0.2) is 0 Å². The highest BCUT2D eigenvalue weighted by Gasteiger charge is 2.33. The van der Waals surface area contributed by atoms with Crippen molar-refractivity contribution in [3.8, 4) is 0 Å². The van der Waals surface area contributed by atoms with Crippen molar-refractivity contribution in [2.75, 3.05) is 0 Å². The van der Waals surface area contributed by atoms with Crippen LogP contribution in [-0.4, -0.2) is 16.8 Å². The van der Waals surface area contributed by atoms with Crippen molar-refractivity contribution in [2.45, 2.75) is 13.2 Å². The molecule has 0 N–H and O–H groups in total. The molecular weight excluding hydrogens is 348 g/mol. The molecule has 0 radical (unpaired) electrons. The third kappa shape index (κ3) is 2.79. The van der Waals surface area contributed by atoms with Gasteiger partial charge >= 0.3 is 0 Å². The Bertz CT molecular complexity index is 1250. The first-order valence-electron chi connectivity index (χ1n) is 9.22. The van der Waals surface area contributed by atoms with Crippen LogP contribution in [0, 0.1) is 0 Å². The van der Waals surface area contributed by atoms with Gasteiger partial charge in [0.1, 0.15) is 0 Å². The number of fused-ring (bicyclic) bond motifs is 2. The van der Waals surface area contributed by atoms with E-state index in [1.54, 1.807) is 0 Å². The number of hydrogen-bond donors (Lipinski definition) is 0. The van der Waals surface area contributed by atoms with Gasteiger partial charge in [0, 0.05) is 18.1 Å². The predicted octanol–water partition coefficient (Wildman–Crippen LogP) is 5.23. The number of carbonyl (C=O) groups is 1. The molecule has 0 saturated heterocycles. The quantitative estimate of drug-likeness (QED) is 0.487. The lowest BCUT2D eigenvalue weighted by Crippen LogP contribution is -2.25. The minimum atomic E-state index is -0.566. The van der Waals surface area contributed by atoms with E-state index in [-0.39, 0.29) is 5.91 Å². The fourth-order valence-electron chi connectivity index (χ4n) is 3.58. The third-order valence-corrected chi connectivity index (χ3v) is 5.02. The molecule has 0 spiro atoms. The first-order chi connectivity index (χ1) is 13.7. The second-order valence-corrected chi connectivity index (χ2v) is 6.91. The summed E-state index contributed by atoms with van der Waals surface area (Å²) >= 11 is 0. The Balaban J connectivity index is 1.54. The molecule has 4 nitrogen and oxygen atoms in total. The normalized spacial score (nSPS) is 16.2. The van der Waals surface area contributed by atoms with Crippen LogP contribution in [0.1, 0.15) is 24.3 Å². The van der Waals surface area contributed by atoms with Gasteiger partial charge in [-0.15, -0.1) is 5.10 Å². The molecule has 0 fully saturated rings. The highest BCUT2D eigenvalue weighted by molar-refractivity contribution is 6.00. The Hall–Kier alpha value is -3.66. The maximum atomic E-state index is 12.2. The molecule has 1 atom stereocenters. The van der Waals surface area contributed by atoms with E-state index in [1.165, 1.54) is 11.9 Å². The molecule has 1 amide bonds. The summed E-state index contributed by atoms with van der Waals surface area (Å²) in [6, 6.07) is 28.4. The molecule has 1 heterocycles. The van der Waals surface area contributed by atoms with Gasteiger partial charge in [-0.05, 0) is 39.7 Å². The van der Waals surface area contributed by atoms with Gasteiger partial charge in [-0.3, -0.25) is 4.79 Å². The number of rotatable bonds is 2. The van der Waals surface area contributed by atoms with Crippen LogP contribution in [0.4, 0.5) is 0 Å². The van der Waals surface area contributed by atoms with E-state index in [4.69, 9.17) is 4.74 Å². The maximum absolute atomic E-state index is 12.2. The van der Waals surface area contributed by atoms with Gasteiger partial charge in [0.2, 0.25) is 18.0 Å². The summed E-state index contributed by atoms with van der Waals surface area (Å²) in [4.78, 5) is 12.2. The number of nitrogens with zero attached hydrogens (tertiary/aromatic N) is 2. The topological polar surface area (TPSA) is 41.9 Å². The number of hydrazone groups is 1. The number of amides is 1. The Morgan fingerprint density at radius 2 is 1.43 bits per heavy atom. The van der Waals surface area contributed by atoms with Gasteiger partial charge in [-0.25, -0.2) is 0 Å². The summed E-state index contributed by atoms with van der Waals surface area (Å²) in [5.74, 6) is 0.299. The van der Waals surface area contributed by atoms with Gasteiger partial charge in [-0.1, -0.05) is 66.7 Å². The second-order valence-electron chi connectivity index (χ2n) is 6.91. The molecule has 0 saturated carbocycles. The number of carbonyl (C=O) groups excluding carboxylic acids is 1. The summed E-state index contributed by atoms with van der Waals surface area (Å²) in [7, 11) is 0. The van der Waals surface area contributed by atoms with Crippen LogP contribution in [0.25, 0.3) is 21.5 Å². The van der Waals surface area contributed by atoms with Crippen molar-refractivity contribution < 1.29 is 9.53 Å². The Kier molecular flexibility index (Phi) is 3.83. The molecule has 4 aromatic rings. The van der Waals surface area contributed by atoms with E-state index >= 15 is 0 Å². The van der Waals surface area contributed by atoms with Crippen LogP contribution < -0.4 is 0 Å². The zero-order valence-electron chi connectivity index (χ0n) is 15.4. The van der Waals surface area contributed by atoms with E-state index < -0.39 is 6.23 Å². The molecule has 1 aliphatic heterocycles. The van der Waals surface area contributed by atoms with Crippen molar-refractivity contribution in [1.29, 1.82) is 0 Å². The molecule has 1 aliphatic rings. The summed E-state index contributed by atoms with van der Waals surface area (Å²) in [5, 5.41) is 10.4. The van der Waals surface area contributed by atoms with E-state index in [2.05, 4.69) is 35.4 Å². The van der Waals surface area contributed by atoms with Crippen molar-refractivity contribution >= 4 is 33.3 Å². The minimum absolute atomic E-state index is 0.158. The second kappa shape index (κ2) is 6.50. The third-order valence-electron chi connectivity index (χ3n) is 5.02. The Labute approximate surface area is 162 Å². The lowest BCUT2D eigenvalue weighted by Gasteiger charge is -2.19. The lowest BCUT2D eigenvalue weighted by atomic mass is 10.1. The number of benzene rings is 4. The van der Waals surface area contributed by atoms with E-state index in [0.717, 1.165) is 32.7 Å². The molecule has 4 aromatic carbocycles. The van der Waals surface area contributed by atoms with Crippen LogP contribution in [0.3, 0.4) is 0 Å². The monoisotopic (exact) mass is 366 g/mol. The van der Waals surface area contributed by atoms with E-state index in [0.29, 0.717) is 5.90 Å². The van der Waals surface area contributed by atoms with Crippen molar-refractivity contribution in [2.24, 2.45) is 5.10 Å². The van der Waals surface area contributed by atoms with Crippen LogP contribution in [0.2, 0.25) is 0 Å². The first-order valence-corrected chi connectivity index (χ1v) is 9.22. The molecule has 28 heavy (non-hydrogen) atoms. The largest absolute Gasteiger partial charge is 0.446 e. The van der Waals surface area contributed by atoms with E-state index in [9.17, 15) is 4.79 Å². The molecule has 4 heteroatoms. The number of ether oxygens (including phenoxy) is 1. The molecule has 0 aliphatic carbocycles. The van der Waals surface area contributed by atoms with Gasteiger partial charge < -0.3 is 4.74 Å². The summed E-state index contributed by atoms with van der Waals surface area (Å²) in [6.45, 7) is 1.50. The Morgan fingerprint density at radius 1 is 0.821 bits per heavy atom. The molecule has 1 unspecified atom stereocenters. The van der Waals surface area contributed by atoms with Crippen LogP contribution in [-0.2, 0) is 9.53 Å². The zero-order chi connectivity index (χ0) is 19.1. The number of hydrogen-bond acceptors (Lipinski definition) is 3. The fraction of sp³-hybridized carbons (Fsp3) is 0.0833. The van der Waals surface area contributed by atoms with E-state index in [1.807, 2.05) is 54.6 Å². The molecule has 5 rings (SSSR count). The van der Waals surface area contributed by atoms with Crippen molar-refractivity contribution in [3.05, 3.63) is 96.1 Å². The average Bonchev–Trinajstić information content (AvgIpc) is 3.19. The van der Waals surface area contributed by atoms with Crippen LogP contribution in [0.5, 0.6) is 0 Å². The van der Waals surface area contributed by atoms with Gasteiger partial charge in [0.05, 0.1) is 0 Å². The highest BCUT2D eigenvalue weighted by atomic mass is 16.5. The van der Waals surface area contributed by atoms with Gasteiger partial charge in [0.25, 0.3) is 0 Å². The average molecular weight is 366 g/mol. The van der Waals surface area contributed by atoms with Crippen molar-refractivity contribution in [1.82, 2.24) is 5.01 Å². The summed E-state index contributed by atoms with van der Waals surface area (Å²) < 4.78 is 6.16. The predicted molar refractivity (Wildman–Crippen MR) is 111 cm³/mol. The SMILES string of the molecule is CC(=O)N1N=C(c2ccc3ccccc3c2)OC1c1ccc2ccccc2c1. The van der Waals surface area contributed by atoms with Crippen LogP contribution >= 0.6 is 0 Å². The molecule has 0 aromatic heterocycles.